The standard InChI is InChI=1S/C12H15ClN6/c1-2-18-8-5-14-10(18)9-15-11(13)17-12(16-9)19-6-3-4-7-19/h5,8H,2-4,6-7H2,1H3. The van der Waals surface area contributed by atoms with Gasteiger partial charge in [0.05, 0.1) is 0 Å². The number of imidazole rings is 1. The predicted octanol–water partition coefficient (Wildman–Crippen LogP) is 2.01. The highest BCUT2D eigenvalue weighted by atomic mass is 35.5. The van der Waals surface area contributed by atoms with Gasteiger partial charge in [0, 0.05) is 32.0 Å². The first-order valence-electron chi connectivity index (χ1n) is 6.46. The van der Waals surface area contributed by atoms with Gasteiger partial charge in [-0.2, -0.15) is 15.0 Å². The fraction of sp³-hybridized carbons (Fsp3) is 0.500. The average molecular weight is 279 g/mol. The maximum absolute atomic E-state index is 6.01. The Balaban J connectivity index is 2.02. The molecule has 0 unspecified atom stereocenters. The summed E-state index contributed by atoms with van der Waals surface area (Å²) in [4.78, 5) is 19.3. The summed E-state index contributed by atoms with van der Waals surface area (Å²) in [6.07, 6.45) is 5.99. The number of anilines is 1. The summed E-state index contributed by atoms with van der Waals surface area (Å²) >= 11 is 6.01. The third-order valence-corrected chi connectivity index (χ3v) is 3.41. The van der Waals surface area contributed by atoms with Gasteiger partial charge in [0.2, 0.25) is 17.1 Å². The van der Waals surface area contributed by atoms with Gasteiger partial charge in [-0.1, -0.05) is 0 Å². The van der Waals surface area contributed by atoms with E-state index in [0.717, 1.165) is 25.5 Å². The summed E-state index contributed by atoms with van der Waals surface area (Å²) in [5.41, 5.74) is 0. The van der Waals surface area contributed by atoms with E-state index in [0.29, 0.717) is 11.8 Å². The van der Waals surface area contributed by atoms with Crippen LogP contribution in [-0.4, -0.2) is 37.6 Å². The number of aryl methyl sites for hydroxylation is 1. The average Bonchev–Trinajstić information content (AvgIpc) is 3.09. The smallest absolute Gasteiger partial charge is 0.230 e. The van der Waals surface area contributed by atoms with Crippen LogP contribution >= 0.6 is 11.6 Å². The predicted molar refractivity (Wildman–Crippen MR) is 73.2 cm³/mol. The second kappa shape index (κ2) is 5.13. The molecular formula is C12H15ClN6. The zero-order valence-corrected chi connectivity index (χ0v) is 11.5. The number of halogens is 1. The van der Waals surface area contributed by atoms with Crippen molar-refractivity contribution >= 4 is 17.5 Å². The Morgan fingerprint density at radius 1 is 1.21 bits per heavy atom. The Morgan fingerprint density at radius 2 is 2.00 bits per heavy atom. The molecule has 2 aromatic heterocycles. The summed E-state index contributed by atoms with van der Waals surface area (Å²) in [5, 5.41) is 0.220. The van der Waals surface area contributed by atoms with Gasteiger partial charge < -0.3 is 9.47 Å². The molecule has 0 N–H and O–H groups in total. The van der Waals surface area contributed by atoms with Crippen LogP contribution in [0.5, 0.6) is 0 Å². The zero-order valence-electron chi connectivity index (χ0n) is 10.8. The van der Waals surface area contributed by atoms with Crippen molar-refractivity contribution in [2.75, 3.05) is 18.0 Å². The molecule has 3 heterocycles. The lowest BCUT2D eigenvalue weighted by molar-refractivity contribution is 0.761. The molecule has 0 aromatic carbocycles. The van der Waals surface area contributed by atoms with Gasteiger partial charge in [0.15, 0.2) is 5.82 Å². The molecule has 0 atom stereocenters. The minimum Gasteiger partial charge on any atom is -0.341 e. The molecule has 1 aliphatic heterocycles. The third-order valence-electron chi connectivity index (χ3n) is 3.24. The minimum atomic E-state index is 0.220. The summed E-state index contributed by atoms with van der Waals surface area (Å²) in [6, 6.07) is 0. The van der Waals surface area contributed by atoms with Crippen molar-refractivity contribution in [3.05, 3.63) is 17.7 Å². The quantitative estimate of drug-likeness (QED) is 0.859. The van der Waals surface area contributed by atoms with Crippen LogP contribution in [0.2, 0.25) is 5.28 Å². The van der Waals surface area contributed by atoms with Crippen LogP contribution in [0.4, 0.5) is 5.95 Å². The van der Waals surface area contributed by atoms with Crippen molar-refractivity contribution in [3.63, 3.8) is 0 Å². The van der Waals surface area contributed by atoms with Crippen molar-refractivity contribution in [3.8, 4) is 11.6 Å². The van der Waals surface area contributed by atoms with Crippen molar-refractivity contribution < 1.29 is 0 Å². The molecule has 6 nitrogen and oxygen atoms in total. The van der Waals surface area contributed by atoms with Gasteiger partial charge in [-0.15, -0.1) is 0 Å². The van der Waals surface area contributed by atoms with E-state index >= 15 is 0 Å². The first-order valence-corrected chi connectivity index (χ1v) is 6.83. The van der Waals surface area contributed by atoms with E-state index in [2.05, 4.69) is 31.8 Å². The van der Waals surface area contributed by atoms with Gasteiger partial charge >= 0.3 is 0 Å². The lowest BCUT2D eigenvalue weighted by Crippen LogP contribution is -2.21. The van der Waals surface area contributed by atoms with Crippen LogP contribution in [0.15, 0.2) is 12.4 Å². The number of hydrogen-bond acceptors (Lipinski definition) is 5. The second-order valence-corrected chi connectivity index (χ2v) is 4.80. The normalized spacial score (nSPS) is 15.2. The largest absolute Gasteiger partial charge is 0.341 e. The van der Waals surface area contributed by atoms with Crippen LogP contribution in [-0.2, 0) is 6.54 Å². The second-order valence-electron chi connectivity index (χ2n) is 4.46. The third kappa shape index (κ3) is 2.40. The molecule has 3 rings (SSSR count). The molecule has 0 bridgehead atoms. The fourth-order valence-corrected chi connectivity index (χ4v) is 2.42. The minimum absolute atomic E-state index is 0.220. The Labute approximate surface area is 116 Å². The van der Waals surface area contributed by atoms with Gasteiger partial charge in [0.25, 0.3) is 0 Å². The highest BCUT2D eigenvalue weighted by molar-refractivity contribution is 6.28. The van der Waals surface area contributed by atoms with E-state index in [9.17, 15) is 0 Å². The van der Waals surface area contributed by atoms with Crippen LogP contribution < -0.4 is 4.90 Å². The maximum atomic E-state index is 6.01. The molecule has 100 valence electrons. The van der Waals surface area contributed by atoms with Gasteiger partial charge in [-0.25, -0.2) is 4.98 Å². The number of rotatable bonds is 3. The Kier molecular flexibility index (Phi) is 3.33. The highest BCUT2D eigenvalue weighted by Crippen LogP contribution is 2.21. The first-order chi connectivity index (χ1) is 9.28. The molecule has 1 fully saturated rings. The molecule has 1 aliphatic rings. The van der Waals surface area contributed by atoms with Crippen molar-refractivity contribution in [1.82, 2.24) is 24.5 Å². The van der Waals surface area contributed by atoms with E-state index in [1.807, 2.05) is 10.8 Å². The van der Waals surface area contributed by atoms with Crippen molar-refractivity contribution in [2.24, 2.45) is 0 Å². The van der Waals surface area contributed by atoms with Crippen LogP contribution in [0.1, 0.15) is 19.8 Å². The molecule has 7 heteroatoms. The summed E-state index contributed by atoms with van der Waals surface area (Å²) in [7, 11) is 0. The number of hydrogen-bond donors (Lipinski definition) is 0. The van der Waals surface area contributed by atoms with E-state index in [-0.39, 0.29) is 5.28 Å². The summed E-state index contributed by atoms with van der Waals surface area (Å²) < 4.78 is 1.99. The summed E-state index contributed by atoms with van der Waals surface area (Å²) in [6.45, 7) is 4.82. The first kappa shape index (κ1) is 12.3. The molecule has 1 saturated heterocycles. The van der Waals surface area contributed by atoms with E-state index in [1.165, 1.54) is 12.8 Å². The number of aromatic nitrogens is 5. The van der Waals surface area contributed by atoms with E-state index in [4.69, 9.17) is 11.6 Å². The molecule has 0 saturated carbocycles. The van der Waals surface area contributed by atoms with Crippen molar-refractivity contribution in [1.29, 1.82) is 0 Å². The SMILES string of the molecule is CCn1ccnc1-c1nc(Cl)nc(N2CCCC2)n1. The van der Waals surface area contributed by atoms with Crippen LogP contribution in [0.3, 0.4) is 0 Å². The Hall–Kier alpha value is -1.69. The van der Waals surface area contributed by atoms with Gasteiger partial charge in [-0.05, 0) is 31.4 Å². The Bertz CT molecular complexity index is 575. The Morgan fingerprint density at radius 3 is 2.74 bits per heavy atom. The maximum Gasteiger partial charge on any atom is 0.230 e. The molecule has 0 radical (unpaired) electrons. The molecule has 19 heavy (non-hydrogen) atoms. The number of nitrogens with zero attached hydrogens (tertiary/aromatic N) is 6. The van der Waals surface area contributed by atoms with Gasteiger partial charge in [-0.3, -0.25) is 0 Å². The molecule has 0 amide bonds. The molecule has 0 aliphatic carbocycles. The van der Waals surface area contributed by atoms with Crippen LogP contribution in [0.25, 0.3) is 11.6 Å². The fourth-order valence-electron chi connectivity index (χ4n) is 2.27. The topological polar surface area (TPSA) is 59.7 Å². The molecular weight excluding hydrogens is 264 g/mol. The zero-order chi connectivity index (χ0) is 13.2. The van der Waals surface area contributed by atoms with E-state index in [1.54, 1.807) is 6.20 Å². The lowest BCUT2D eigenvalue weighted by Gasteiger charge is -2.15. The molecule has 2 aromatic rings. The monoisotopic (exact) mass is 278 g/mol. The molecule has 0 spiro atoms. The lowest BCUT2D eigenvalue weighted by atomic mass is 10.4. The van der Waals surface area contributed by atoms with E-state index < -0.39 is 0 Å². The van der Waals surface area contributed by atoms with Crippen molar-refractivity contribution in [2.45, 2.75) is 26.3 Å². The van der Waals surface area contributed by atoms with Crippen LogP contribution in [0, 0.1) is 0 Å². The van der Waals surface area contributed by atoms with Gasteiger partial charge in [0.1, 0.15) is 0 Å². The summed E-state index contributed by atoms with van der Waals surface area (Å²) in [5.74, 6) is 1.92. The highest BCUT2D eigenvalue weighted by Gasteiger charge is 2.18.